The lowest BCUT2D eigenvalue weighted by atomic mass is 10.2. The van der Waals surface area contributed by atoms with Gasteiger partial charge in [-0.15, -0.1) is 0 Å². The maximum absolute atomic E-state index is 12.3. The van der Waals surface area contributed by atoms with Gasteiger partial charge in [-0.25, -0.2) is 4.79 Å². The molecule has 0 spiro atoms. The van der Waals surface area contributed by atoms with Crippen LogP contribution in [0.4, 0.5) is 10.5 Å². The van der Waals surface area contributed by atoms with Gasteiger partial charge in [0.2, 0.25) is 5.91 Å². The van der Waals surface area contributed by atoms with E-state index in [2.05, 4.69) is 0 Å². The third-order valence-electron chi connectivity index (χ3n) is 4.02. The summed E-state index contributed by atoms with van der Waals surface area (Å²) in [4.78, 5) is 27.9. The highest BCUT2D eigenvalue weighted by atomic mass is 16.6. The number of hydrogen-bond donors (Lipinski definition) is 0. The highest BCUT2D eigenvalue weighted by molar-refractivity contribution is 5.94. The van der Waals surface area contributed by atoms with Crippen molar-refractivity contribution >= 4 is 17.7 Å². The third-order valence-corrected chi connectivity index (χ3v) is 4.02. The Morgan fingerprint density at radius 1 is 0.917 bits per heavy atom. The van der Waals surface area contributed by atoms with Gasteiger partial charge in [0.25, 0.3) is 0 Å². The van der Waals surface area contributed by atoms with Crippen molar-refractivity contribution in [2.24, 2.45) is 0 Å². The van der Waals surface area contributed by atoms with Gasteiger partial charge in [-0.05, 0) is 17.7 Å². The van der Waals surface area contributed by atoms with Crippen LogP contribution in [0.3, 0.4) is 0 Å². The fourth-order valence-electron chi connectivity index (χ4n) is 2.70. The zero-order valence-corrected chi connectivity index (χ0v) is 13.4. The summed E-state index contributed by atoms with van der Waals surface area (Å²) in [5, 5.41) is 0. The van der Waals surface area contributed by atoms with Crippen LogP contribution in [0.1, 0.15) is 12.0 Å². The molecule has 1 saturated heterocycles. The molecular weight excluding hydrogens is 304 g/mol. The quantitative estimate of drug-likeness (QED) is 0.872. The van der Waals surface area contributed by atoms with E-state index in [0.717, 1.165) is 11.3 Å². The summed E-state index contributed by atoms with van der Waals surface area (Å²) in [7, 11) is 0. The molecule has 1 aliphatic heterocycles. The molecule has 1 heterocycles. The third kappa shape index (κ3) is 3.93. The highest BCUT2D eigenvalue weighted by Crippen LogP contribution is 2.17. The first kappa shape index (κ1) is 16.1. The summed E-state index contributed by atoms with van der Waals surface area (Å²) in [6, 6.07) is 19.1. The van der Waals surface area contributed by atoms with Crippen LogP contribution in [0.25, 0.3) is 0 Å². The van der Waals surface area contributed by atoms with Crippen LogP contribution < -0.4 is 4.90 Å². The molecule has 2 aromatic carbocycles. The SMILES string of the molecule is O=C(OCc1ccccc1)N1CCC(=O)N(c2ccccc2)CC1. The normalized spacial score (nSPS) is 15.1. The lowest BCUT2D eigenvalue weighted by Crippen LogP contribution is -2.36. The molecule has 124 valence electrons. The van der Waals surface area contributed by atoms with Crippen LogP contribution in [0.5, 0.6) is 0 Å². The van der Waals surface area contributed by atoms with Crippen LogP contribution in [0.15, 0.2) is 60.7 Å². The van der Waals surface area contributed by atoms with Crippen LogP contribution >= 0.6 is 0 Å². The van der Waals surface area contributed by atoms with Crippen LogP contribution in [0.2, 0.25) is 0 Å². The fourth-order valence-corrected chi connectivity index (χ4v) is 2.70. The minimum Gasteiger partial charge on any atom is -0.445 e. The molecule has 0 aromatic heterocycles. The Morgan fingerprint density at radius 3 is 2.29 bits per heavy atom. The lowest BCUT2D eigenvalue weighted by molar-refractivity contribution is -0.118. The average molecular weight is 324 g/mol. The van der Waals surface area contributed by atoms with Gasteiger partial charge in [0, 0.05) is 31.7 Å². The maximum atomic E-state index is 12.3. The number of para-hydroxylation sites is 1. The van der Waals surface area contributed by atoms with E-state index >= 15 is 0 Å². The molecule has 5 nitrogen and oxygen atoms in total. The Kier molecular flexibility index (Phi) is 5.11. The van der Waals surface area contributed by atoms with E-state index in [-0.39, 0.29) is 18.6 Å². The van der Waals surface area contributed by atoms with Crippen molar-refractivity contribution in [3.05, 3.63) is 66.2 Å². The van der Waals surface area contributed by atoms with Gasteiger partial charge in [0.15, 0.2) is 0 Å². The van der Waals surface area contributed by atoms with E-state index in [1.54, 1.807) is 9.80 Å². The van der Waals surface area contributed by atoms with E-state index in [4.69, 9.17) is 4.74 Å². The number of benzene rings is 2. The van der Waals surface area contributed by atoms with Crippen molar-refractivity contribution in [2.45, 2.75) is 13.0 Å². The van der Waals surface area contributed by atoms with E-state index in [1.807, 2.05) is 60.7 Å². The van der Waals surface area contributed by atoms with Crippen molar-refractivity contribution < 1.29 is 14.3 Å². The number of amides is 2. The molecular formula is C19H20N2O3. The standard InChI is InChI=1S/C19H20N2O3/c22-18-11-12-20(13-14-21(18)17-9-5-2-6-10-17)19(23)24-15-16-7-3-1-4-8-16/h1-10H,11-15H2. The van der Waals surface area contributed by atoms with Crippen molar-refractivity contribution in [1.29, 1.82) is 0 Å². The first-order valence-electron chi connectivity index (χ1n) is 8.05. The summed E-state index contributed by atoms with van der Waals surface area (Å²) < 4.78 is 5.36. The Morgan fingerprint density at radius 2 is 1.58 bits per heavy atom. The molecule has 0 unspecified atom stereocenters. The molecule has 0 bridgehead atoms. The minimum atomic E-state index is -0.374. The van der Waals surface area contributed by atoms with Gasteiger partial charge >= 0.3 is 6.09 Å². The largest absolute Gasteiger partial charge is 0.445 e. The second kappa shape index (κ2) is 7.64. The molecule has 1 aliphatic rings. The van der Waals surface area contributed by atoms with Gasteiger partial charge in [-0.3, -0.25) is 4.79 Å². The first-order chi connectivity index (χ1) is 11.7. The molecule has 5 heteroatoms. The Balaban J connectivity index is 1.58. The van der Waals surface area contributed by atoms with Crippen LogP contribution in [-0.2, 0) is 16.1 Å². The van der Waals surface area contributed by atoms with E-state index in [0.29, 0.717) is 26.1 Å². The average Bonchev–Trinajstić information content (AvgIpc) is 2.83. The summed E-state index contributed by atoms with van der Waals surface area (Å²) in [5.41, 5.74) is 1.81. The summed E-state index contributed by atoms with van der Waals surface area (Å²) >= 11 is 0. The smallest absolute Gasteiger partial charge is 0.410 e. The summed E-state index contributed by atoms with van der Waals surface area (Å²) in [6.07, 6.45) is -0.0726. The molecule has 0 radical (unpaired) electrons. The Hall–Kier alpha value is -2.82. The molecule has 0 atom stereocenters. The molecule has 24 heavy (non-hydrogen) atoms. The second-order valence-corrected chi connectivity index (χ2v) is 5.66. The summed E-state index contributed by atoms with van der Waals surface area (Å²) in [6.45, 7) is 1.57. The maximum Gasteiger partial charge on any atom is 0.410 e. The lowest BCUT2D eigenvalue weighted by Gasteiger charge is -2.22. The first-order valence-corrected chi connectivity index (χ1v) is 8.05. The van der Waals surface area contributed by atoms with Crippen molar-refractivity contribution in [3.8, 4) is 0 Å². The van der Waals surface area contributed by atoms with E-state index in [9.17, 15) is 9.59 Å². The molecule has 1 fully saturated rings. The molecule has 2 aromatic rings. The van der Waals surface area contributed by atoms with Crippen molar-refractivity contribution in [2.75, 3.05) is 24.5 Å². The number of hydrogen-bond acceptors (Lipinski definition) is 3. The monoisotopic (exact) mass is 324 g/mol. The number of ether oxygens (including phenoxy) is 1. The van der Waals surface area contributed by atoms with E-state index < -0.39 is 0 Å². The molecule has 0 saturated carbocycles. The molecule has 0 aliphatic carbocycles. The molecule has 2 amide bonds. The van der Waals surface area contributed by atoms with Crippen LogP contribution in [0, 0.1) is 0 Å². The molecule has 0 N–H and O–H groups in total. The second-order valence-electron chi connectivity index (χ2n) is 5.66. The topological polar surface area (TPSA) is 49.9 Å². The fraction of sp³-hybridized carbons (Fsp3) is 0.263. The number of carbonyl (C=O) groups is 2. The predicted octanol–water partition coefficient (Wildman–Crippen LogP) is 3.06. The number of rotatable bonds is 3. The van der Waals surface area contributed by atoms with Gasteiger partial charge in [-0.2, -0.15) is 0 Å². The number of nitrogens with zero attached hydrogens (tertiary/aromatic N) is 2. The minimum absolute atomic E-state index is 0.0274. The molecule has 3 rings (SSSR count). The van der Waals surface area contributed by atoms with Crippen LogP contribution in [-0.4, -0.2) is 36.5 Å². The zero-order valence-electron chi connectivity index (χ0n) is 13.4. The van der Waals surface area contributed by atoms with Crippen molar-refractivity contribution in [1.82, 2.24) is 4.90 Å². The highest BCUT2D eigenvalue weighted by Gasteiger charge is 2.25. The van der Waals surface area contributed by atoms with E-state index in [1.165, 1.54) is 0 Å². The zero-order chi connectivity index (χ0) is 16.8. The van der Waals surface area contributed by atoms with Gasteiger partial charge < -0.3 is 14.5 Å². The predicted molar refractivity (Wildman–Crippen MR) is 91.6 cm³/mol. The Labute approximate surface area is 141 Å². The van der Waals surface area contributed by atoms with Crippen molar-refractivity contribution in [3.63, 3.8) is 0 Å². The Bertz CT molecular complexity index is 688. The summed E-state index contributed by atoms with van der Waals surface area (Å²) in [5.74, 6) is 0.0274. The van der Waals surface area contributed by atoms with Gasteiger partial charge in [-0.1, -0.05) is 48.5 Å². The number of carbonyl (C=O) groups excluding carboxylic acids is 2. The number of anilines is 1. The van der Waals surface area contributed by atoms with Gasteiger partial charge in [0.1, 0.15) is 6.61 Å². The van der Waals surface area contributed by atoms with Gasteiger partial charge in [0.05, 0.1) is 0 Å².